The lowest BCUT2D eigenvalue weighted by Gasteiger charge is -2.19. The van der Waals surface area contributed by atoms with E-state index in [1.807, 2.05) is 43.3 Å². The van der Waals surface area contributed by atoms with E-state index in [9.17, 15) is 9.90 Å². The molecule has 0 atom stereocenters. The molecule has 0 bridgehead atoms. The Morgan fingerprint density at radius 3 is 2.53 bits per heavy atom. The molecule has 4 aromatic rings. The highest BCUT2D eigenvalue weighted by Gasteiger charge is 2.31. The average molecular weight is 429 g/mol. The molecule has 1 aromatic carbocycles. The summed E-state index contributed by atoms with van der Waals surface area (Å²) in [4.78, 5) is 24.7. The fourth-order valence-corrected chi connectivity index (χ4v) is 3.23. The first-order chi connectivity index (χ1) is 15.2. The standard InChI is InChI=1S/C23H23N7O2/c1-14-6-4-7-15(10-14)17-11-18(27-22(24)26-17)19-13-30(29-28-19)12-16-8-5-9-20(25-16)23(2,3)21(31)32/h4-11,13H,12H2,1-3H3,(H,31,32)(H2,24,26,27). The van der Waals surface area contributed by atoms with Gasteiger partial charge in [0, 0.05) is 5.56 Å². The number of nitrogens with zero attached hydrogens (tertiary/aromatic N) is 6. The van der Waals surface area contributed by atoms with Crippen LogP contribution in [0.15, 0.2) is 54.7 Å². The number of hydrogen-bond acceptors (Lipinski definition) is 7. The van der Waals surface area contributed by atoms with Crippen LogP contribution in [0.1, 0.15) is 30.8 Å². The Morgan fingerprint density at radius 1 is 1.03 bits per heavy atom. The average Bonchev–Trinajstić information content (AvgIpc) is 3.22. The minimum absolute atomic E-state index is 0.152. The number of carboxylic acid groups (broad SMARTS) is 1. The van der Waals surface area contributed by atoms with Gasteiger partial charge >= 0.3 is 5.97 Å². The van der Waals surface area contributed by atoms with E-state index >= 15 is 0 Å². The van der Waals surface area contributed by atoms with E-state index < -0.39 is 11.4 Å². The SMILES string of the molecule is Cc1cccc(-c2cc(-c3cn(Cc4cccc(C(C)(C)C(=O)O)n4)nn3)nc(N)n2)c1. The lowest BCUT2D eigenvalue weighted by Crippen LogP contribution is -2.30. The Labute approximate surface area is 185 Å². The molecule has 0 aliphatic carbocycles. The van der Waals surface area contributed by atoms with E-state index in [2.05, 4.69) is 25.3 Å². The summed E-state index contributed by atoms with van der Waals surface area (Å²) in [5, 5.41) is 17.8. The maximum absolute atomic E-state index is 11.5. The predicted molar refractivity (Wildman–Crippen MR) is 120 cm³/mol. The summed E-state index contributed by atoms with van der Waals surface area (Å²) in [6, 6.07) is 15.1. The number of hydrogen-bond donors (Lipinski definition) is 2. The molecular weight excluding hydrogens is 406 g/mol. The maximum atomic E-state index is 11.5. The largest absolute Gasteiger partial charge is 0.481 e. The second kappa shape index (κ2) is 8.18. The Bertz CT molecular complexity index is 1300. The molecule has 0 aliphatic heterocycles. The third-order valence-corrected chi connectivity index (χ3v) is 5.16. The van der Waals surface area contributed by atoms with Gasteiger partial charge in [-0.3, -0.25) is 9.78 Å². The van der Waals surface area contributed by atoms with E-state index in [1.165, 1.54) is 0 Å². The maximum Gasteiger partial charge on any atom is 0.315 e. The summed E-state index contributed by atoms with van der Waals surface area (Å²) < 4.78 is 1.62. The number of pyridine rings is 1. The zero-order valence-corrected chi connectivity index (χ0v) is 18.0. The molecule has 9 nitrogen and oxygen atoms in total. The van der Waals surface area contributed by atoms with Crippen molar-refractivity contribution in [1.82, 2.24) is 29.9 Å². The van der Waals surface area contributed by atoms with Crippen LogP contribution in [-0.4, -0.2) is 41.0 Å². The van der Waals surface area contributed by atoms with Crippen molar-refractivity contribution in [2.45, 2.75) is 32.7 Å². The van der Waals surface area contributed by atoms with Gasteiger partial charge in [-0.2, -0.15) is 0 Å². The summed E-state index contributed by atoms with van der Waals surface area (Å²) >= 11 is 0. The molecule has 0 saturated heterocycles. The number of nitrogen functional groups attached to an aromatic ring is 1. The van der Waals surface area contributed by atoms with Crippen LogP contribution in [0.3, 0.4) is 0 Å². The third-order valence-electron chi connectivity index (χ3n) is 5.16. The first-order valence-electron chi connectivity index (χ1n) is 10.0. The lowest BCUT2D eigenvalue weighted by molar-refractivity contribution is -0.142. The molecule has 0 spiro atoms. The summed E-state index contributed by atoms with van der Waals surface area (Å²) in [6.45, 7) is 5.60. The molecule has 0 unspecified atom stereocenters. The van der Waals surface area contributed by atoms with E-state index in [0.717, 1.165) is 11.1 Å². The molecule has 32 heavy (non-hydrogen) atoms. The molecule has 9 heteroatoms. The number of rotatable bonds is 6. The molecule has 3 N–H and O–H groups in total. The van der Waals surface area contributed by atoms with Gasteiger partial charge in [0.1, 0.15) is 11.1 Å². The second-order valence-electron chi connectivity index (χ2n) is 8.11. The van der Waals surface area contributed by atoms with Crippen molar-refractivity contribution < 1.29 is 9.90 Å². The number of anilines is 1. The first-order valence-corrected chi connectivity index (χ1v) is 10.0. The van der Waals surface area contributed by atoms with Gasteiger partial charge in [-0.25, -0.2) is 14.6 Å². The van der Waals surface area contributed by atoms with E-state index in [0.29, 0.717) is 35.0 Å². The van der Waals surface area contributed by atoms with Crippen LogP contribution in [0.5, 0.6) is 0 Å². The Morgan fingerprint density at radius 2 is 1.78 bits per heavy atom. The number of aliphatic carboxylic acids is 1. The molecule has 3 aromatic heterocycles. The van der Waals surface area contributed by atoms with Crippen molar-refractivity contribution in [3.63, 3.8) is 0 Å². The van der Waals surface area contributed by atoms with Gasteiger partial charge in [-0.05, 0) is 45.0 Å². The zero-order valence-electron chi connectivity index (χ0n) is 18.0. The predicted octanol–water partition coefficient (Wildman–Crippen LogP) is 3.10. The Kier molecular flexibility index (Phi) is 5.40. The molecule has 0 saturated carbocycles. The van der Waals surface area contributed by atoms with Crippen molar-refractivity contribution in [2.24, 2.45) is 0 Å². The summed E-state index contributed by atoms with van der Waals surface area (Å²) in [6.07, 6.45) is 1.75. The summed E-state index contributed by atoms with van der Waals surface area (Å²) in [5.74, 6) is -0.783. The number of carbonyl (C=O) groups is 1. The monoisotopic (exact) mass is 429 g/mol. The highest BCUT2D eigenvalue weighted by atomic mass is 16.4. The highest BCUT2D eigenvalue weighted by Crippen LogP contribution is 2.24. The number of carboxylic acids is 1. The van der Waals surface area contributed by atoms with Crippen LogP contribution in [-0.2, 0) is 16.8 Å². The van der Waals surface area contributed by atoms with Crippen molar-refractivity contribution in [3.8, 4) is 22.6 Å². The van der Waals surface area contributed by atoms with Gasteiger partial charge in [0.05, 0.1) is 35.5 Å². The zero-order chi connectivity index (χ0) is 22.9. The lowest BCUT2D eigenvalue weighted by atomic mass is 9.89. The second-order valence-corrected chi connectivity index (χ2v) is 8.11. The van der Waals surface area contributed by atoms with Crippen LogP contribution in [0, 0.1) is 6.92 Å². The first kappa shape index (κ1) is 21.1. The number of nitrogens with two attached hydrogens (primary N) is 1. The minimum atomic E-state index is -1.09. The minimum Gasteiger partial charge on any atom is -0.481 e. The van der Waals surface area contributed by atoms with Crippen molar-refractivity contribution >= 4 is 11.9 Å². The smallest absolute Gasteiger partial charge is 0.315 e. The van der Waals surface area contributed by atoms with Crippen LogP contribution in [0.25, 0.3) is 22.6 Å². The Hall–Kier alpha value is -4.14. The topological polar surface area (TPSA) is 133 Å². The molecule has 0 amide bonds. The van der Waals surface area contributed by atoms with Gasteiger partial charge < -0.3 is 10.8 Å². The van der Waals surface area contributed by atoms with E-state index in [4.69, 9.17) is 5.73 Å². The molecule has 0 aliphatic rings. The summed E-state index contributed by atoms with van der Waals surface area (Å²) in [5.41, 5.74) is 9.90. The number of aromatic nitrogens is 6. The fraction of sp³-hybridized carbons (Fsp3) is 0.217. The number of aryl methyl sites for hydroxylation is 1. The highest BCUT2D eigenvalue weighted by molar-refractivity contribution is 5.79. The number of benzene rings is 1. The van der Waals surface area contributed by atoms with Crippen LogP contribution in [0.2, 0.25) is 0 Å². The van der Waals surface area contributed by atoms with Crippen LogP contribution < -0.4 is 5.73 Å². The van der Waals surface area contributed by atoms with Gasteiger partial charge in [0.25, 0.3) is 0 Å². The summed E-state index contributed by atoms with van der Waals surface area (Å²) in [7, 11) is 0. The molecule has 0 radical (unpaired) electrons. The van der Waals surface area contributed by atoms with E-state index in [1.54, 1.807) is 36.9 Å². The molecule has 0 fully saturated rings. The van der Waals surface area contributed by atoms with Gasteiger partial charge in [0.15, 0.2) is 0 Å². The van der Waals surface area contributed by atoms with Crippen LogP contribution in [0.4, 0.5) is 5.95 Å². The van der Waals surface area contributed by atoms with Gasteiger partial charge in [-0.1, -0.05) is 35.0 Å². The van der Waals surface area contributed by atoms with E-state index in [-0.39, 0.29) is 5.95 Å². The third kappa shape index (κ3) is 4.31. The molecule has 4 rings (SSSR count). The van der Waals surface area contributed by atoms with Crippen molar-refractivity contribution in [1.29, 1.82) is 0 Å². The van der Waals surface area contributed by atoms with Gasteiger partial charge in [-0.15, -0.1) is 5.10 Å². The quantitative estimate of drug-likeness (QED) is 0.478. The van der Waals surface area contributed by atoms with Crippen molar-refractivity contribution in [3.05, 3.63) is 71.7 Å². The molecule has 162 valence electrons. The molecule has 3 heterocycles. The molecular formula is C23H23N7O2. The van der Waals surface area contributed by atoms with Crippen LogP contribution >= 0.6 is 0 Å². The normalized spacial score (nSPS) is 11.5. The van der Waals surface area contributed by atoms with Crippen molar-refractivity contribution in [2.75, 3.05) is 5.73 Å². The fourth-order valence-electron chi connectivity index (χ4n) is 3.23. The van der Waals surface area contributed by atoms with Gasteiger partial charge in [0.2, 0.25) is 5.95 Å². The Balaban J connectivity index is 1.61.